The molecule has 556 valence electrons. The van der Waals surface area contributed by atoms with E-state index in [9.17, 15) is 13.2 Å². The zero-order chi connectivity index (χ0) is 74.3. The number of sulfone groups is 1. The van der Waals surface area contributed by atoms with Gasteiger partial charge >= 0.3 is 0 Å². The number of hydrogen-bond acceptors (Lipinski definition) is 3. The second-order valence-corrected chi connectivity index (χ2v) is 32.0. The van der Waals surface area contributed by atoms with Crippen molar-refractivity contribution in [1.82, 2.24) is 0 Å². The summed E-state index contributed by atoms with van der Waals surface area (Å²) in [7, 11) is -2.55. The van der Waals surface area contributed by atoms with Gasteiger partial charge in [0.2, 0.25) is 0 Å². The molecule has 2 aromatic carbocycles. The van der Waals surface area contributed by atoms with Crippen LogP contribution in [-0.2, 0) is 27.5 Å². The maximum Gasteiger partial charge on any atom is 0.150 e. The minimum atomic E-state index is -2.55. The van der Waals surface area contributed by atoms with Gasteiger partial charge in [-0.25, -0.2) is 8.42 Å². The van der Waals surface area contributed by atoms with Crippen LogP contribution in [0.4, 0.5) is 0 Å². The molecular weight excluding hydrogens is 1140 g/mol. The number of hydrogen-bond donors (Lipinski definition) is 0. The van der Waals surface area contributed by atoms with Crippen molar-refractivity contribution in [2.75, 3.05) is 11.5 Å². The molecule has 0 bridgehead atoms. The molecule has 4 unspecified atom stereocenters. The van der Waals surface area contributed by atoms with Gasteiger partial charge in [-0.3, -0.25) is 4.79 Å². The van der Waals surface area contributed by atoms with Crippen LogP contribution < -0.4 is 0 Å². The van der Waals surface area contributed by atoms with E-state index in [0.717, 1.165) is 110 Å². The van der Waals surface area contributed by atoms with Crippen molar-refractivity contribution in [3.8, 4) is 0 Å². The predicted molar refractivity (Wildman–Crippen MR) is 433 cm³/mol. The van der Waals surface area contributed by atoms with Gasteiger partial charge in [0.25, 0.3) is 0 Å². The van der Waals surface area contributed by atoms with E-state index in [2.05, 4.69) is 217 Å². The summed E-state index contributed by atoms with van der Waals surface area (Å²) in [5.41, 5.74) is 10.5. The molecular formula is C88H180O3S. The fourth-order valence-corrected chi connectivity index (χ4v) is 13.0. The Balaban J connectivity index is -0.000000119. The van der Waals surface area contributed by atoms with Crippen molar-refractivity contribution in [2.24, 2.45) is 82.9 Å². The highest BCUT2D eigenvalue weighted by molar-refractivity contribution is 7.91. The van der Waals surface area contributed by atoms with Gasteiger partial charge in [-0.1, -0.05) is 336 Å². The Bertz CT molecular complexity index is 1750. The first-order valence-electron chi connectivity index (χ1n) is 39.9. The Hall–Kier alpha value is -1.94. The molecule has 92 heavy (non-hydrogen) atoms. The number of rotatable bonds is 6. The molecule has 0 N–H and O–H groups in total. The first-order valence-corrected chi connectivity index (χ1v) is 41.7. The van der Waals surface area contributed by atoms with E-state index in [0.29, 0.717) is 17.3 Å². The van der Waals surface area contributed by atoms with Crippen molar-refractivity contribution in [2.45, 2.75) is 398 Å². The predicted octanol–water partition coefficient (Wildman–Crippen LogP) is 30.2. The average molecular weight is 1320 g/mol. The fraction of sp³-hybridized carbons (Fsp3) is 0.852. The fourth-order valence-electron chi connectivity index (χ4n) is 11.5. The van der Waals surface area contributed by atoms with Gasteiger partial charge in [-0.05, 0) is 201 Å². The number of fused-ring (bicyclic) bond motifs is 1. The molecule has 5 aliphatic carbocycles. The maximum atomic E-state index is 10.4. The molecule has 5 saturated carbocycles. The van der Waals surface area contributed by atoms with Gasteiger partial charge in [-0.2, -0.15) is 0 Å². The highest BCUT2D eigenvalue weighted by atomic mass is 32.2. The molecule has 0 amide bonds. The Labute approximate surface area is 587 Å². The summed E-state index contributed by atoms with van der Waals surface area (Å²) < 4.78 is 20.9. The number of ketones is 1. The summed E-state index contributed by atoms with van der Waals surface area (Å²) in [5, 5.41) is 0. The molecule has 1 aliphatic heterocycles. The van der Waals surface area contributed by atoms with Gasteiger partial charge in [0.15, 0.2) is 0 Å². The normalized spacial score (nSPS) is 20.2. The lowest BCUT2D eigenvalue weighted by Gasteiger charge is -2.23. The van der Waals surface area contributed by atoms with Gasteiger partial charge < -0.3 is 0 Å². The van der Waals surface area contributed by atoms with Crippen LogP contribution in [0.15, 0.2) is 30.3 Å². The zero-order valence-corrected chi connectivity index (χ0v) is 72.0. The minimum Gasteiger partial charge on any atom is -0.300 e. The van der Waals surface area contributed by atoms with Crippen LogP contribution in [0.25, 0.3) is 0 Å². The van der Waals surface area contributed by atoms with Crippen LogP contribution in [0.3, 0.4) is 0 Å². The molecule has 4 atom stereocenters. The topological polar surface area (TPSA) is 51.2 Å². The lowest BCUT2D eigenvalue weighted by atomic mass is 9.83. The van der Waals surface area contributed by atoms with Gasteiger partial charge in [0.1, 0.15) is 15.6 Å². The van der Waals surface area contributed by atoms with E-state index in [1.54, 1.807) is 31.2 Å². The van der Waals surface area contributed by atoms with Crippen LogP contribution in [0.1, 0.15) is 390 Å². The molecule has 6 aliphatic rings. The molecule has 0 radical (unpaired) electrons. The number of Topliss-reactive ketones (excluding diaryl/α,β-unsaturated/α-hetero) is 1. The van der Waals surface area contributed by atoms with E-state index < -0.39 is 9.84 Å². The van der Waals surface area contributed by atoms with E-state index in [-0.39, 0.29) is 0 Å². The smallest absolute Gasteiger partial charge is 0.150 e. The largest absolute Gasteiger partial charge is 0.300 e. The Morgan fingerprint density at radius 1 is 0.359 bits per heavy atom. The van der Waals surface area contributed by atoms with Crippen molar-refractivity contribution < 1.29 is 13.2 Å². The molecule has 1 saturated heterocycles. The molecule has 0 aromatic heterocycles. The zero-order valence-electron chi connectivity index (χ0n) is 71.2. The molecule has 3 nitrogen and oxygen atoms in total. The summed E-state index contributed by atoms with van der Waals surface area (Å²) in [6.07, 6.45) is 26.4. The molecule has 2 aromatic rings. The highest BCUT2D eigenvalue weighted by Gasteiger charge is 2.41. The summed E-state index contributed by atoms with van der Waals surface area (Å²) in [4.78, 5) is 10.2. The summed E-state index contributed by atoms with van der Waals surface area (Å²) >= 11 is 0. The second-order valence-electron chi connectivity index (χ2n) is 29.7. The molecule has 4 heteroatoms. The summed E-state index contributed by atoms with van der Waals surface area (Å²) in [6, 6.07) is 10.6. The average Bonchev–Trinajstić information content (AvgIpc) is 1.48. The molecule has 6 fully saturated rings. The first-order chi connectivity index (χ1) is 43.1. The lowest BCUT2D eigenvalue weighted by molar-refractivity contribution is -0.117. The van der Waals surface area contributed by atoms with Gasteiger partial charge in [0.05, 0.1) is 11.5 Å². The van der Waals surface area contributed by atoms with Gasteiger partial charge in [0, 0.05) is 12.8 Å². The van der Waals surface area contributed by atoms with Crippen molar-refractivity contribution in [3.63, 3.8) is 0 Å². The SMILES string of the molecule is C1CC2CCCC2C1.C1CCCC1.CC.CC.CC.CC.CC.CC.CC(C)C.CC(C)C.CC(C)C.CC(C)C.CC(C)CC1C(C)C(C)C(C)C1C.CC(C)Cc1ccccc1.Cc1c(C)c(C)c(CC(C)C)c(C)c1C.O=C1CCCC1.O=S1(=O)CCCC1. The second kappa shape index (κ2) is 73.3. The third-order valence-corrected chi connectivity index (χ3v) is 18.2. The Morgan fingerprint density at radius 3 is 0.848 bits per heavy atom. The number of carbonyl (C=O) groups is 1. The lowest BCUT2D eigenvalue weighted by Crippen LogP contribution is -2.15. The quantitative estimate of drug-likeness (QED) is 0.290. The minimum absolute atomic E-state index is 0.424. The summed E-state index contributed by atoms with van der Waals surface area (Å²) in [5.74, 6) is 14.1. The third kappa shape index (κ3) is 68.0. The van der Waals surface area contributed by atoms with Crippen LogP contribution in [0.5, 0.6) is 0 Å². The van der Waals surface area contributed by atoms with Crippen molar-refractivity contribution in [3.05, 3.63) is 69.3 Å². The monoisotopic (exact) mass is 1320 g/mol. The number of carbonyl (C=O) groups excluding carboxylic acids is 1. The molecule has 8 rings (SSSR count). The molecule has 0 spiro atoms. The van der Waals surface area contributed by atoms with E-state index in [4.69, 9.17) is 0 Å². The summed E-state index contributed by atoms with van der Waals surface area (Å²) in [6.45, 7) is 84.9. The van der Waals surface area contributed by atoms with Crippen LogP contribution in [-0.4, -0.2) is 25.7 Å². The highest BCUT2D eigenvalue weighted by Crippen LogP contribution is 2.48. The third-order valence-electron chi connectivity index (χ3n) is 16.4. The standard InChI is InChI=1S/C15H24.C13H26.C10H14.C8H14.C5H8O.C5H10.C4H8O2S.4C4H10.6C2H6/c1-9(2)8-15-13(6)11(4)10(3)12(5)14(15)7;1-8(2)7-13-11(5)9(3)10(4)12(13)6;1-9(2)8-10-6-4-3-5-7-10;1-3-7-5-2-6-8(7)4-1;6-5-3-1-2-4-5;1-2-4-5-3-1;5-7(6)3-1-2-4-7;4*1-4(2)3;6*1-2/h9H,8H2,1-7H3;8-13H,7H2,1-6H3;3-7,9H,8H2,1-2H3;7-8H,1-6H2;1-4H2;1-5H2;1-4H2;4*4H,1-3H3;6*1-2H3. The van der Waals surface area contributed by atoms with Gasteiger partial charge in [-0.15, -0.1) is 0 Å². The van der Waals surface area contributed by atoms with E-state index >= 15 is 0 Å². The van der Waals surface area contributed by atoms with E-state index in [1.165, 1.54) is 109 Å². The van der Waals surface area contributed by atoms with Crippen molar-refractivity contribution in [1.29, 1.82) is 0 Å². The van der Waals surface area contributed by atoms with Crippen LogP contribution >= 0.6 is 0 Å². The Morgan fingerprint density at radius 2 is 0.630 bits per heavy atom. The van der Waals surface area contributed by atoms with Crippen LogP contribution in [0.2, 0.25) is 0 Å². The maximum absolute atomic E-state index is 10.4. The molecule has 1 heterocycles. The Kier molecular flexibility index (Phi) is 86.6. The number of benzene rings is 2. The van der Waals surface area contributed by atoms with Crippen LogP contribution in [0, 0.1) is 117 Å². The van der Waals surface area contributed by atoms with E-state index in [1.807, 2.05) is 83.1 Å². The van der Waals surface area contributed by atoms with Crippen molar-refractivity contribution >= 4 is 15.6 Å². The first kappa shape index (κ1) is 109.